The van der Waals surface area contributed by atoms with Crippen LogP contribution in [0.25, 0.3) is 0 Å². The van der Waals surface area contributed by atoms with Crippen LogP contribution in [0, 0.1) is 0 Å². The summed E-state index contributed by atoms with van der Waals surface area (Å²) in [7, 11) is 0. The Kier molecular flexibility index (Phi) is 65.8. The first-order valence-corrected chi connectivity index (χ1v) is 34.3. The SMILES string of the molecule is CC/C=C\C/C=C\C/C=C\C/C=C\C/C=C\C/C=C\C/C=C\C/C=C\CCCCC(=O)OCC(COC(=O)CCCCCCC/C=C\CCCC)OC(=O)CCCCCCCCCCCCCC/C=C\C/C=C\C/C=C\CCCCCCC. The summed E-state index contributed by atoms with van der Waals surface area (Å²) in [5.74, 6) is -0.955. The molecule has 0 saturated heterocycles. The fraction of sp³-hybridized carbons (Fsp3) is 0.649. The van der Waals surface area contributed by atoms with Crippen LogP contribution < -0.4 is 0 Å². The first-order chi connectivity index (χ1) is 41.0. The fourth-order valence-electron chi connectivity index (χ4n) is 9.15. The predicted octanol–water partition coefficient (Wildman–Crippen LogP) is 23.9. The summed E-state index contributed by atoms with van der Waals surface area (Å²) < 4.78 is 16.9. The fourth-order valence-corrected chi connectivity index (χ4v) is 9.15. The largest absolute Gasteiger partial charge is 0.462 e. The molecule has 0 N–H and O–H groups in total. The summed E-state index contributed by atoms with van der Waals surface area (Å²) in [6, 6.07) is 0. The quantitative estimate of drug-likeness (QED) is 0.0261. The van der Waals surface area contributed by atoms with Crippen molar-refractivity contribution in [1.29, 1.82) is 0 Å². The zero-order valence-corrected chi connectivity index (χ0v) is 53.9. The van der Waals surface area contributed by atoms with Crippen LogP contribution in [0.15, 0.2) is 146 Å². The third-order valence-electron chi connectivity index (χ3n) is 14.3. The van der Waals surface area contributed by atoms with Crippen LogP contribution >= 0.6 is 0 Å². The summed E-state index contributed by atoms with van der Waals surface area (Å²) >= 11 is 0. The molecule has 0 saturated carbocycles. The van der Waals surface area contributed by atoms with Crippen molar-refractivity contribution >= 4 is 17.9 Å². The number of rotatable bonds is 61. The van der Waals surface area contributed by atoms with Gasteiger partial charge in [-0.3, -0.25) is 14.4 Å². The molecule has 0 aromatic rings. The van der Waals surface area contributed by atoms with Crippen LogP contribution in [0.3, 0.4) is 0 Å². The summed E-state index contributed by atoms with van der Waals surface area (Å²) in [6.45, 7) is 6.44. The monoisotopic (exact) mass is 1150 g/mol. The standard InChI is InChI=1S/C77H126O6/c1-4-7-10-13-16-19-22-24-26-28-30-32-34-36-38-40-42-44-46-48-50-52-55-58-61-64-67-70-76(79)82-73-74(72-81-75(78)69-66-63-60-57-54-21-18-15-12-9-6-3)83-77(80)71-68-65-62-59-56-53-51-49-47-45-43-41-39-37-35-33-31-29-27-25-23-20-17-14-11-8-5-2/h7,10,15-16,18-19,23-26,29-32,35-38,42,44,48,50,55,58,74H,4-6,8-9,11-14,17,20-22,27-28,33-34,39-41,43,45-47,49,51-54,56-57,59-73H2,1-3H3/b10-7-,18-15-,19-16-,25-23-,26-24-,31-29-,32-30-,37-35-,38-36-,44-42-,50-48-,58-55-. The van der Waals surface area contributed by atoms with E-state index >= 15 is 0 Å². The molecule has 6 heteroatoms. The number of carbonyl (C=O) groups is 3. The minimum atomic E-state index is -0.808. The van der Waals surface area contributed by atoms with Gasteiger partial charge in [0, 0.05) is 19.3 Å². The normalized spacial score (nSPS) is 13.0. The molecule has 0 aromatic heterocycles. The highest BCUT2D eigenvalue weighted by molar-refractivity contribution is 5.71. The Morgan fingerprint density at radius 3 is 0.807 bits per heavy atom. The van der Waals surface area contributed by atoms with Gasteiger partial charge in [0.25, 0.3) is 0 Å². The van der Waals surface area contributed by atoms with Crippen LogP contribution in [-0.4, -0.2) is 37.2 Å². The summed E-state index contributed by atoms with van der Waals surface area (Å²) in [4.78, 5) is 38.3. The molecule has 83 heavy (non-hydrogen) atoms. The van der Waals surface area contributed by atoms with Crippen molar-refractivity contribution in [3.8, 4) is 0 Å². The first kappa shape index (κ1) is 78.3. The van der Waals surface area contributed by atoms with Crippen molar-refractivity contribution in [3.05, 3.63) is 146 Å². The van der Waals surface area contributed by atoms with E-state index in [0.717, 1.165) is 128 Å². The predicted molar refractivity (Wildman–Crippen MR) is 362 cm³/mol. The Morgan fingerprint density at radius 1 is 0.253 bits per heavy atom. The van der Waals surface area contributed by atoms with E-state index in [2.05, 4.69) is 167 Å². The number of hydrogen-bond donors (Lipinski definition) is 0. The van der Waals surface area contributed by atoms with Crippen LogP contribution in [0.2, 0.25) is 0 Å². The minimum absolute atomic E-state index is 0.101. The van der Waals surface area contributed by atoms with Gasteiger partial charge in [0.1, 0.15) is 13.2 Å². The highest BCUT2D eigenvalue weighted by Gasteiger charge is 2.19. The van der Waals surface area contributed by atoms with E-state index in [1.807, 2.05) is 0 Å². The maximum absolute atomic E-state index is 12.9. The lowest BCUT2D eigenvalue weighted by molar-refractivity contribution is -0.167. The van der Waals surface area contributed by atoms with Gasteiger partial charge in [-0.2, -0.15) is 0 Å². The maximum atomic E-state index is 12.9. The van der Waals surface area contributed by atoms with Crippen molar-refractivity contribution in [2.24, 2.45) is 0 Å². The number of allylic oxidation sites excluding steroid dienone is 24. The van der Waals surface area contributed by atoms with E-state index in [9.17, 15) is 14.4 Å². The Bertz CT molecular complexity index is 1800. The molecule has 0 radical (unpaired) electrons. The third kappa shape index (κ3) is 68.0. The molecular weight excluding hydrogens is 1020 g/mol. The topological polar surface area (TPSA) is 78.9 Å². The van der Waals surface area contributed by atoms with Crippen LogP contribution in [0.5, 0.6) is 0 Å². The van der Waals surface area contributed by atoms with Gasteiger partial charge in [-0.05, 0) is 141 Å². The van der Waals surface area contributed by atoms with Crippen LogP contribution in [0.4, 0.5) is 0 Å². The van der Waals surface area contributed by atoms with Crippen molar-refractivity contribution in [3.63, 3.8) is 0 Å². The third-order valence-corrected chi connectivity index (χ3v) is 14.3. The van der Waals surface area contributed by atoms with Gasteiger partial charge in [0.15, 0.2) is 6.10 Å². The number of unbranched alkanes of at least 4 members (excludes halogenated alkanes) is 26. The lowest BCUT2D eigenvalue weighted by Gasteiger charge is -2.18. The number of carbonyl (C=O) groups excluding carboxylic acids is 3. The molecule has 1 atom stereocenters. The molecule has 0 aliphatic heterocycles. The highest BCUT2D eigenvalue weighted by Crippen LogP contribution is 2.15. The zero-order chi connectivity index (χ0) is 59.9. The van der Waals surface area contributed by atoms with Crippen molar-refractivity contribution in [2.45, 2.75) is 309 Å². The van der Waals surface area contributed by atoms with E-state index in [1.165, 1.54) is 128 Å². The minimum Gasteiger partial charge on any atom is -0.462 e. The first-order valence-electron chi connectivity index (χ1n) is 34.3. The molecule has 470 valence electrons. The van der Waals surface area contributed by atoms with Gasteiger partial charge in [0.2, 0.25) is 0 Å². The molecule has 0 spiro atoms. The summed E-state index contributed by atoms with van der Waals surface area (Å²) in [5, 5.41) is 0. The Labute approximate surface area is 512 Å². The van der Waals surface area contributed by atoms with Crippen molar-refractivity contribution in [2.75, 3.05) is 13.2 Å². The molecule has 0 fully saturated rings. The number of hydrogen-bond acceptors (Lipinski definition) is 6. The Morgan fingerprint density at radius 2 is 0.482 bits per heavy atom. The number of esters is 3. The average molecular weight is 1150 g/mol. The highest BCUT2D eigenvalue weighted by atomic mass is 16.6. The van der Waals surface area contributed by atoms with Crippen LogP contribution in [0.1, 0.15) is 303 Å². The van der Waals surface area contributed by atoms with Gasteiger partial charge in [-0.25, -0.2) is 0 Å². The Balaban J connectivity index is 4.36. The molecule has 0 aromatic carbocycles. The van der Waals surface area contributed by atoms with Crippen LogP contribution in [-0.2, 0) is 28.6 Å². The Hall–Kier alpha value is -4.71. The van der Waals surface area contributed by atoms with Gasteiger partial charge >= 0.3 is 17.9 Å². The van der Waals surface area contributed by atoms with Gasteiger partial charge in [-0.1, -0.05) is 289 Å². The van der Waals surface area contributed by atoms with E-state index in [-0.39, 0.29) is 31.1 Å². The van der Waals surface area contributed by atoms with Gasteiger partial charge < -0.3 is 14.2 Å². The van der Waals surface area contributed by atoms with E-state index in [0.29, 0.717) is 25.7 Å². The van der Waals surface area contributed by atoms with Crippen molar-refractivity contribution in [1.82, 2.24) is 0 Å². The lowest BCUT2D eigenvalue weighted by atomic mass is 10.0. The van der Waals surface area contributed by atoms with Gasteiger partial charge in [0.05, 0.1) is 0 Å². The van der Waals surface area contributed by atoms with E-state index < -0.39 is 6.10 Å². The zero-order valence-electron chi connectivity index (χ0n) is 53.9. The second-order valence-corrected chi connectivity index (χ2v) is 22.3. The average Bonchev–Trinajstić information content (AvgIpc) is 3.48. The summed E-state index contributed by atoms with van der Waals surface area (Å²) in [5.41, 5.74) is 0. The van der Waals surface area contributed by atoms with E-state index in [4.69, 9.17) is 14.2 Å². The lowest BCUT2D eigenvalue weighted by Crippen LogP contribution is -2.30. The second kappa shape index (κ2) is 69.8. The molecule has 0 rings (SSSR count). The number of ether oxygens (including phenoxy) is 3. The van der Waals surface area contributed by atoms with E-state index in [1.54, 1.807) is 0 Å². The molecular formula is C77H126O6. The summed E-state index contributed by atoms with van der Waals surface area (Å²) in [6.07, 6.45) is 100. The molecule has 0 heterocycles. The maximum Gasteiger partial charge on any atom is 0.306 e. The molecule has 1 unspecified atom stereocenters. The molecule has 0 aliphatic carbocycles. The molecule has 0 bridgehead atoms. The molecule has 0 amide bonds. The van der Waals surface area contributed by atoms with Gasteiger partial charge in [-0.15, -0.1) is 0 Å². The van der Waals surface area contributed by atoms with Crippen molar-refractivity contribution < 1.29 is 28.6 Å². The molecule has 6 nitrogen and oxygen atoms in total. The smallest absolute Gasteiger partial charge is 0.306 e. The second-order valence-electron chi connectivity index (χ2n) is 22.3. The molecule has 0 aliphatic rings.